The second-order valence-electron chi connectivity index (χ2n) is 11.5. The van der Waals surface area contributed by atoms with Gasteiger partial charge < -0.3 is 23.8 Å². The van der Waals surface area contributed by atoms with Crippen molar-refractivity contribution in [3.05, 3.63) is 144 Å². The molecule has 4 rings (SSSR count). The van der Waals surface area contributed by atoms with Crippen molar-refractivity contribution < 1.29 is 47.9 Å². The van der Waals surface area contributed by atoms with Crippen molar-refractivity contribution >= 4 is 36.1 Å². The van der Waals surface area contributed by atoms with E-state index in [0.29, 0.717) is 47.2 Å². The lowest BCUT2D eigenvalue weighted by Crippen LogP contribution is -2.08. The van der Waals surface area contributed by atoms with Gasteiger partial charge in [0.25, 0.3) is 0 Å². The molecule has 0 amide bonds. The van der Waals surface area contributed by atoms with Crippen molar-refractivity contribution in [2.45, 2.75) is 39.2 Å². The normalized spacial score (nSPS) is 10.8. The molecule has 0 heterocycles. The summed E-state index contributed by atoms with van der Waals surface area (Å²) in [6.45, 7) is 9.04. The minimum absolute atomic E-state index is 0.0147. The first-order chi connectivity index (χ1) is 26.2. The number of ketones is 1. The van der Waals surface area contributed by atoms with Gasteiger partial charge in [-0.1, -0.05) is 19.2 Å². The summed E-state index contributed by atoms with van der Waals surface area (Å²) in [5.41, 5.74) is 2.82. The fourth-order valence-electron chi connectivity index (χ4n) is 4.66. The quantitative estimate of drug-likeness (QED) is 0.0121. The first kappa shape index (κ1) is 40.1. The molecule has 0 atom stereocenters. The molecule has 0 aliphatic carbocycles. The van der Waals surface area contributed by atoms with Crippen LogP contribution in [-0.4, -0.2) is 49.3 Å². The lowest BCUT2D eigenvalue weighted by atomic mass is 10.0. The number of esters is 3. The molecule has 0 unspecified atom stereocenters. The van der Waals surface area contributed by atoms with Crippen LogP contribution in [0.15, 0.2) is 127 Å². The first-order valence-electron chi connectivity index (χ1n) is 17.0. The number of nitrogens with zero attached hydrogens (tertiary/aromatic N) is 2. The van der Waals surface area contributed by atoms with Crippen LogP contribution in [0.25, 0.3) is 0 Å². The molecule has 0 saturated carbocycles. The summed E-state index contributed by atoms with van der Waals surface area (Å²) in [6.07, 6.45) is 8.86. The third-order valence-electron chi connectivity index (χ3n) is 7.47. The monoisotopic (exact) mass is 732 g/mol. The summed E-state index contributed by atoms with van der Waals surface area (Å²) in [4.78, 5) is 57.9. The summed E-state index contributed by atoms with van der Waals surface area (Å²) < 4.78 is 21.3. The van der Waals surface area contributed by atoms with Crippen molar-refractivity contribution in [1.29, 1.82) is 0 Å². The number of ether oxygens (including phenoxy) is 4. The molecule has 0 aliphatic rings. The molecular formula is C42H40N2O10. The van der Waals surface area contributed by atoms with Gasteiger partial charge in [0, 0.05) is 17.7 Å². The topological polar surface area (TPSA) is 148 Å². The molecule has 12 heteroatoms. The van der Waals surface area contributed by atoms with Crippen LogP contribution in [0.4, 0.5) is 0 Å². The highest BCUT2D eigenvalue weighted by Gasteiger charge is 2.12. The number of hydrogen-bond acceptors (Lipinski definition) is 12. The molecule has 12 nitrogen and oxygen atoms in total. The average Bonchev–Trinajstić information content (AvgIpc) is 3.19. The van der Waals surface area contributed by atoms with Gasteiger partial charge in [0.1, 0.15) is 23.9 Å². The minimum Gasteiger partial charge on any atom is -0.494 e. The number of rotatable bonds is 21. The molecular weight excluding hydrogens is 692 g/mol. The van der Waals surface area contributed by atoms with Crippen molar-refractivity contribution in [1.82, 2.24) is 0 Å². The van der Waals surface area contributed by atoms with Crippen molar-refractivity contribution in [3.8, 4) is 23.0 Å². The third kappa shape index (κ3) is 13.8. The van der Waals surface area contributed by atoms with Gasteiger partial charge in [-0.05, 0) is 134 Å². The summed E-state index contributed by atoms with van der Waals surface area (Å²) in [7, 11) is 0. The zero-order chi connectivity index (χ0) is 38.5. The number of Topliss-reactive ketones (excluding diaryl/α,β-unsaturated/α-hetero) is 1. The largest absolute Gasteiger partial charge is 0.494 e. The van der Waals surface area contributed by atoms with Crippen LogP contribution in [0.2, 0.25) is 0 Å². The number of carbonyl (C=O) groups excluding carboxylic acids is 4. The van der Waals surface area contributed by atoms with Crippen LogP contribution in [0, 0.1) is 0 Å². The summed E-state index contributed by atoms with van der Waals surface area (Å²) in [5.74, 6) is -0.0381. The van der Waals surface area contributed by atoms with Gasteiger partial charge in [-0.3, -0.25) is 4.79 Å². The molecule has 0 radical (unpaired) electrons. The van der Waals surface area contributed by atoms with E-state index in [-0.39, 0.29) is 18.1 Å². The Hall–Kier alpha value is -6.66. The number of unbranched alkanes of at least 4 members (excludes halogenated alkanes) is 3. The lowest BCUT2D eigenvalue weighted by Gasteiger charge is -2.10. The molecule has 4 aromatic rings. The maximum atomic E-state index is 12.6. The second-order valence-corrected chi connectivity index (χ2v) is 11.5. The second kappa shape index (κ2) is 21.6. The highest BCUT2D eigenvalue weighted by atomic mass is 17.2. The average molecular weight is 733 g/mol. The van der Waals surface area contributed by atoms with Crippen molar-refractivity contribution in [3.63, 3.8) is 0 Å². The Kier molecular flexibility index (Phi) is 16.1. The Morgan fingerprint density at radius 3 is 1.81 bits per heavy atom. The highest BCUT2D eigenvalue weighted by Crippen LogP contribution is 2.21. The Bertz CT molecular complexity index is 1950. The predicted octanol–water partition coefficient (Wildman–Crippen LogP) is 7.83. The maximum absolute atomic E-state index is 12.6. The first-order valence-corrected chi connectivity index (χ1v) is 17.0. The number of benzene rings is 4. The summed E-state index contributed by atoms with van der Waals surface area (Å²) in [6, 6.07) is 25.2. The Labute approximate surface area is 313 Å². The van der Waals surface area contributed by atoms with Crippen LogP contribution in [0.1, 0.15) is 70.0 Å². The molecule has 0 aromatic heterocycles. The fourth-order valence-corrected chi connectivity index (χ4v) is 4.66. The molecule has 0 aliphatic heterocycles. The number of carbonyl (C=O) groups is 4. The van der Waals surface area contributed by atoms with E-state index in [1.807, 2.05) is 0 Å². The van der Waals surface area contributed by atoms with Gasteiger partial charge in [-0.25, -0.2) is 14.4 Å². The van der Waals surface area contributed by atoms with Gasteiger partial charge in [0.15, 0.2) is 11.5 Å². The third-order valence-corrected chi connectivity index (χ3v) is 7.47. The van der Waals surface area contributed by atoms with Gasteiger partial charge >= 0.3 is 17.9 Å². The summed E-state index contributed by atoms with van der Waals surface area (Å²) in [5, 5.41) is 8.16. The maximum Gasteiger partial charge on any atom is 0.343 e. The minimum atomic E-state index is -0.626. The van der Waals surface area contributed by atoms with E-state index < -0.39 is 17.9 Å². The fraction of sp³-hybridized carbons (Fsp3) is 0.190. The standard InChI is InChI=1S/C42H40N2O10/c1-4-40(46)50-25-9-7-6-8-24-49-35-21-14-33(15-22-35)42(48)53-36-17-10-31(11-18-36)27-43-44-28-32-12-19-37(20-13-32)54-51-29-34-16-23-38(52-41(47)5-2)26-39(34)30(3)45/h4-5,10-23,26-28H,1-2,6-9,24-25,29H2,3H3/b43-27+,44-28+. The molecule has 0 bridgehead atoms. The number of hydrogen-bond donors (Lipinski definition) is 0. The molecule has 0 fully saturated rings. The lowest BCUT2D eigenvalue weighted by molar-refractivity contribution is -0.217. The SMILES string of the molecule is C=CC(=O)OCCCCCCOc1ccc(C(=O)Oc2ccc(/C=N/N=C/c3ccc(OOCc4ccc(OC(=O)C=C)cc4C(C)=O)cc3)cc2)cc1. The predicted molar refractivity (Wildman–Crippen MR) is 202 cm³/mol. The van der Waals surface area contributed by atoms with E-state index >= 15 is 0 Å². The molecule has 0 spiro atoms. The zero-order valence-corrected chi connectivity index (χ0v) is 29.8. The van der Waals surface area contributed by atoms with Crippen molar-refractivity contribution in [2.24, 2.45) is 10.2 Å². The Balaban J connectivity index is 1.15. The van der Waals surface area contributed by atoms with Gasteiger partial charge in [-0.15, -0.1) is 0 Å². The van der Waals surface area contributed by atoms with E-state index in [4.69, 9.17) is 28.7 Å². The smallest absolute Gasteiger partial charge is 0.343 e. The van der Waals surface area contributed by atoms with Crippen LogP contribution in [-0.2, 0) is 25.8 Å². The molecule has 4 aromatic carbocycles. The molecule has 278 valence electrons. The van der Waals surface area contributed by atoms with Gasteiger partial charge in [0.05, 0.1) is 31.2 Å². The van der Waals surface area contributed by atoms with E-state index in [2.05, 4.69) is 23.4 Å². The Morgan fingerprint density at radius 2 is 1.20 bits per heavy atom. The van der Waals surface area contributed by atoms with E-state index in [9.17, 15) is 19.2 Å². The zero-order valence-electron chi connectivity index (χ0n) is 29.8. The highest BCUT2D eigenvalue weighted by molar-refractivity contribution is 5.96. The van der Waals surface area contributed by atoms with E-state index in [0.717, 1.165) is 49.0 Å². The van der Waals surface area contributed by atoms with Gasteiger partial charge in [0.2, 0.25) is 0 Å². The molecule has 54 heavy (non-hydrogen) atoms. The molecule has 0 saturated heterocycles. The van der Waals surface area contributed by atoms with Crippen molar-refractivity contribution in [2.75, 3.05) is 13.2 Å². The van der Waals surface area contributed by atoms with Crippen LogP contribution >= 0.6 is 0 Å². The van der Waals surface area contributed by atoms with Gasteiger partial charge in [-0.2, -0.15) is 15.1 Å². The van der Waals surface area contributed by atoms with Crippen LogP contribution in [0.5, 0.6) is 23.0 Å². The molecule has 0 N–H and O–H groups in total. The van der Waals surface area contributed by atoms with Crippen LogP contribution < -0.4 is 19.1 Å². The van der Waals surface area contributed by atoms with Crippen LogP contribution in [0.3, 0.4) is 0 Å². The van der Waals surface area contributed by atoms with E-state index in [1.165, 1.54) is 13.0 Å². The Morgan fingerprint density at radius 1 is 0.630 bits per heavy atom. The summed E-state index contributed by atoms with van der Waals surface area (Å²) >= 11 is 0. The van der Waals surface area contributed by atoms with E-state index in [1.54, 1.807) is 97.4 Å².